The molecule has 1 N–H and O–H groups in total. The lowest BCUT2D eigenvalue weighted by atomic mass is 10.1. The van der Waals surface area contributed by atoms with Gasteiger partial charge in [-0.2, -0.15) is 26.3 Å². The van der Waals surface area contributed by atoms with E-state index in [-0.39, 0.29) is 11.3 Å². The van der Waals surface area contributed by atoms with Crippen LogP contribution in [-0.2, 0) is 6.18 Å². The fourth-order valence-corrected chi connectivity index (χ4v) is 1.92. The minimum atomic E-state index is -4.58. The summed E-state index contributed by atoms with van der Waals surface area (Å²) in [5, 5.41) is 2.22. The summed E-state index contributed by atoms with van der Waals surface area (Å²) in [6, 6.07) is 8.53. The molecular weight excluding hydrogens is 308 g/mol. The normalized spacial score (nSPS) is 13.7. The molecule has 7 heteroatoms. The highest BCUT2D eigenvalue weighted by Crippen LogP contribution is 2.36. The summed E-state index contributed by atoms with van der Waals surface area (Å²) in [6.07, 6.45) is -9.11. The van der Waals surface area contributed by atoms with Crippen molar-refractivity contribution in [3.05, 3.63) is 65.7 Å². The first-order valence-corrected chi connectivity index (χ1v) is 6.23. The summed E-state index contributed by atoms with van der Waals surface area (Å²) in [4.78, 5) is 0. The molecule has 0 aliphatic rings. The van der Waals surface area contributed by atoms with Crippen LogP contribution in [0, 0.1) is 0 Å². The van der Waals surface area contributed by atoms with Crippen molar-refractivity contribution in [3.8, 4) is 0 Å². The molecule has 0 fully saturated rings. The second kappa shape index (κ2) is 5.90. The van der Waals surface area contributed by atoms with Crippen LogP contribution < -0.4 is 5.32 Å². The predicted molar refractivity (Wildman–Crippen MR) is 70.3 cm³/mol. The third-order valence-corrected chi connectivity index (χ3v) is 2.98. The Labute approximate surface area is 122 Å². The van der Waals surface area contributed by atoms with Crippen molar-refractivity contribution >= 4 is 5.69 Å². The van der Waals surface area contributed by atoms with Gasteiger partial charge in [0, 0.05) is 5.69 Å². The fraction of sp³-hybridized carbons (Fsp3) is 0.200. The lowest BCUT2D eigenvalue weighted by molar-refractivity contribution is -0.144. The Morgan fingerprint density at radius 3 is 1.73 bits per heavy atom. The Kier molecular flexibility index (Phi) is 4.35. The van der Waals surface area contributed by atoms with Gasteiger partial charge in [0.15, 0.2) is 0 Å². The second-order valence-corrected chi connectivity index (χ2v) is 4.60. The topological polar surface area (TPSA) is 12.0 Å². The van der Waals surface area contributed by atoms with Gasteiger partial charge in [0.1, 0.15) is 6.04 Å². The lowest BCUT2D eigenvalue weighted by Crippen LogP contribution is -2.27. The number of hydrogen-bond donors (Lipinski definition) is 1. The molecule has 2 aromatic rings. The largest absolute Gasteiger partial charge is 0.416 e. The molecule has 0 saturated carbocycles. The van der Waals surface area contributed by atoms with E-state index in [0.717, 1.165) is 24.3 Å². The lowest BCUT2D eigenvalue weighted by Gasteiger charge is -2.23. The Hall–Kier alpha value is -2.18. The van der Waals surface area contributed by atoms with Gasteiger partial charge in [0.2, 0.25) is 0 Å². The first kappa shape index (κ1) is 16.2. The van der Waals surface area contributed by atoms with Crippen molar-refractivity contribution in [2.45, 2.75) is 18.4 Å². The molecule has 0 aromatic heterocycles. The maximum absolute atomic E-state index is 13.1. The van der Waals surface area contributed by atoms with Crippen LogP contribution in [0.4, 0.5) is 32.0 Å². The number of nitrogens with one attached hydrogen (secondary N) is 1. The van der Waals surface area contributed by atoms with E-state index in [1.165, 1.54) is 24.3 Å². The van der Waals surface area contributed by atoms with E-state index in [1.54, 1.807) is 6.07 Å². The quantitative estimate of drug-likeness (QED) is 0.745. The Morgan fingerprint density at radius 2 is 1.27 bits per heavy atom. The zero-order valence-corrected chi connectivity index (χ0v) is 11.0. The summed E-state index contributed by atoms with van der Waals surface area (Å²) < 4.78 is 76.7. The molecule has 0 saturated heterocycles. The van der Waals surface area contributed by atoms with Crippen LogP contribution in [-0.4, -0.2) is 6.18 Å². The van der Waals surface area contributed by atoms with Crippen molar-refractivity contribution in [2.75, 3.05) is 5.32 Å². The Balaban J connectivity index is 2.25. The van der Waals surface area contributed by atoms with E-state index in [1.807, 2.05) is 0 Å². The van der Waals surface area contributed by atoms with E-state index in [9.17, 15) is 26.3 Å². The molecule has 0 aliphatic carbocycles. The molecule has 0 heterocycles. The van der Waals surface area contributed by atoms with Gasteiger partial charge in [-0.1, -0.05) is 30.3 Å². The van der Waals surface area contributed by atoms with Crippen LogP contribution in [0.25, 0.3) is 0 Å². The SMILES string of the molecule is FC(F)(F)c1ccc(NC(c2ccccc2)C(F)(F)F)cc1. The molecule has 2 rings (SSSR count). The highest BCUT2D eigenvalue weighted by molar-refractivity contribution is 5.47. The van der Waals surface area contributed by atoms with E-state index in [4.69, 9.17) is 0 Å². The first-order valence-electron chi connectivity index (χ1n) is 6.23. The number of anilines is 1. The van der Waals surface area contributed by atoms with Gasteiger partial charge in [-0.15, -0.1) is 0 Å². The summed E-state index contributed by atoms with van der Waals surface area (Å²) >= 11 is 0. The average Bonchev–Trinajstić information content (AvgIpc) is 2.44. The summed E-state index contributed by atoms with van der Waals surface area (Å²) in [5.41, 5.74) is -0.976. The van der Waals surface area contributed by atoms with Gasteiger partial charge in [-0.3, -0.25) is 0 Å². The number of hydrogen-bond acceptors (Lipinski definition) is 1. The molecular formula is C15H11F6N. The fourth-order valence-electron chi connectivity index (χ4n) is 1.92. The first-order chi connectivity index (χ1) is 10.2. The van der Waals surface area contributed by atoms with Gasteiger partial charge < -0.3 is 5.32 Å². The maximum Gasteiger partial charge on any atom is 0.416 e. The number of benzene rings is 2. The molecule has 0 bridgehead atoms. The van der Waals surface area contributed by atoms with Crippen LogP contribution >= 0.6 is 0 Å². The van der Waals surface area contributed by atoms with E-state index in [0.29, 0.717) is 0 Å². The minimum Gasteiger partial charge on any atom is -0.370 e. The molecule has 1 unspecified atom stereocenters. The summed E-state index contributed by atoms with van der Waals surface area (Å²) in [6.45, 7) is 0. The zero-order chi connectivity index (χ0) is 16.4. The molecule has 0 radical (unpaired) electrons. The average molecular weight is 319 g/mol. The van der Waals surface area contributed by atoms with Gasteiger partial charge in [-0.05, 0) is 29.8 Å². The standard InChI is InChI=1S/C15H11F6N/c16-14(17,18)11-6-8-12(9-7-11)22-13(15(19,20)21)10-4-2-1-3-5-10/h1-9,13,22H. The monoisotopic (exact) mass is 319 g/mol. The van der Waals surface area contributed by atoms with E-state index >= 15 is 0 Å². The van der Waals surface area contributed by atoms with Crippen molar-refractivity contribution in [2.24, 2.45) is 0 Å². The Bertz CT molecular complexity index is 601. The van der Waals surface area contributed by atoms with E-state index in [2.05, 4.69) is 5.32 Å². The van der Waals surface area contributed by atoms with Crippen LogP contribution in [0.3, 0.4) is 0 Å². The van der Waals surface area contributed by atoms with Gasteiger partial charge in [-0.25, -0.2) is 0 Å². The molecule has 1 atom stereocenters. The molecule has 118 valence electrons. The van der Waals surface area contributed by atoms with E-state index < -0.39 is 24.0 Å². The van der Waals surface area contributed by atoms with Crippen molar-refractivity contribution in [1.82, 2.24) is 0 Å². The van der Waals surface area contributed by atoms with Gasteiger partial charge in [0.05, 0.1) is 5.56 Å². The predicted octanol–water partition coefficient (Wildman–Crippen LogP) is 5.42. The van der Waals surface area contributed by atoms with Gasteiger partial charge >= 0.3 is 12.4 Å². The van der Waals surface area contributed by atoms with Crippen molar-refractivity contribution in [3.63, 3.8) is 0 Å². The van der Waals surface area contributed by atoms with Crippen molar-refractivity contribution in [1.29, 1.82) is 0 Å². The van der Waals surface area contributed by atoms with Crippen LogP contribution in [0.1, 0.15) is 17.2 Å². The zero-order valence-electron chi connectivity index (χ0n) is 11.0. The molecule has 0 spiro atoms. The molecule has 0 amide bonds. The van der Waals surface area contributed by atoms with Crippen molar-refractivity contribution < 1.29 is 26.3 Å². The summed E-state index contributed by atoms with van der Waals surface area (Å²) in [5.74, 6) is 0. The molecule has 22 heavy (non-hydrogen) atoms. The highest BCUT2D eigenvalue weighted by atomic mass is 19.4. The smallest absolute Gasteiger partial charge is 0.370 e. The number of alkyl halides is 6. The number of rotatable bonds is 3. The second-order valence-electron chi connectivity index (χ2n) is 4.60. The number of halogens is 6. The third kappa shape index (κ3) is 3.93. The molecule has 2 aromatic carbocycles. The highest BCUT2D eigenvalue weighted by Gasteiger charge is 2.41. The summed E-state index contributed by atoms with van der Waals surface area (Å²) in [7, 11) is 0. The molecule has 0 aliphatic heterocycles. The van der Waals surface area contributed by atoms with Crippen LogP contribution in [0.2, 0.25) is 0 Å². The Morgan fingerprint density at radius 1 is 0.727 bits per heavy atom. The van der Waals surface area contributed by atoms with Crippen LogP contribution in [0.15, 0.2) is 54.6 Å². The molecule has 1 nitrogen and oxygen atoms in total. The minimum absolute atomic E-state index is 0.0186. The van der Waals surface area contributed by atoms with Crippen LogP contribution in [0.5, 0.6) is 0 Å². The third-order valence-electron chi connectivity index (χ3n) is 2.98. The van der Waals surface area contributed by atoms with Gasteiger partial charge in [0.25, 0.3) is 0 Å². The maximum atomic E-state index is 13.1.